The third-order valence-electron chi connectivity index (χ3n) is 3.92. The first-order valence-corrected chi connectivity index (χ1v) is 9.03. The van der Waals surface area contributed by atoms with E-state index in [-0.39, 0.29) is 30.0 Å². The van der Waals surface area contributed by atoms with Crippen LogP contribution in [0.15, 0.2) is 29.2 Å². The maximum atomic E-state index is 12.8. The van der Waals surface area contributed by atoms with E-state index in [9.17, 15) is 30.8 Å². The fourth-order valence-electron chi connectivity index (χ4n) is 2.46. The van der Waals surface area contributed by atoms with Gasteiger partial charge in [0, 0.05) is 13.1 Å². The zero-order valence-corrected chi connectivity index (χ0v) is 14.3. The third kappa shape index (κ3) is 4.71. The number of carboxylic acids is 1. The van der Waals surface area contributed by atoms with E-state index in [1.165, 1.54) is 24.3 Å². The lowest BCUT2D eigenvalue weighted by Crippen LogP contribution is -2.32. The van der Waals surface area contributed by atoms with Crippen molar-refractivity contribution in [3.63, 3.8) is 0 Å². The van der Waals surface area contributed by atoms with Crippen molar-refractivity contribution in [3.05, 3.63) is 29.8 Å². The van der Waals surface area contributed by atoms with E-state index in [0.29, 0.717) is 0 Å². The summed E-state index contributed by atoms with van der Waals surface area (Å²) in [6, 6.07) is 5.23. The van der Waals surface area contributed by atoms with Crippen molar-refractivity contribution in [2.45, 2.75) is 30.3 Å². The summed E-state index contributed by atoms with van der Waals surface area (Å²) in [5, 5.41) is 8.96. The van der Waals surface area contributed by atoms with Gasteiger partial charge < -0.3 is 9.84 Å². The van der Waals surface area contributed by atoms with Gasteiger partial charge in [-0.3, -0.25) is 4.79 Å². The van der Waals surface area contributed by atoms with Crippen LogP contribution in [-0.4, -0.2) is 55.8 Å². The van der Waals surface area contributed by atoms with Crippen molar-refractivity contribution in [2.75, 3.05) is 19.7 Å². The summed E-state index contributed by atoms with van der Waals surface area (Å²) in [7, 11) is -3.95. The number of sulfonamides is 1. The maximum absolute atomic E-state index is 12.8. The van der Waals surface area contributed by atoms with Gasteiger partial charge in [-0.05, 0) is 24.1 Å². The quantitative estimate of drug-likeness (QED) is 0.678. The fraction of sp³-hybridized carbons (Fsp3) is 0.533. The SMILES string of the molecule is O=C(O)C1CCN(S(=O)(=O)c2cccc(COCC(F)(F)C(F)F)c2)C1. The number of alkyl halides is 4. The van der Waals surface area contributed by atoms with Crippen LogP contribution in [0.3, 0.4) is 0 Å². The Morgan fingerprint density at radius 1 is 1.38 bits per heavy atom. The highest BCUT2D eigenvalue weighted by molar-refractivity contribution is 7.89. The maximum Gasteiger partial charge on any atom is 0.330 e. The summed E-state index contributed by atoms with van der Waals surface area (Å²) in [4.78, 5) is 10.8. The van der Waals surface area contributed by atoms with Gasteiger partial charge in [-0.1, -0.05) is 12.1 Å². The molecule has 1 aliphatic heterocycles. The molecule has 1 fully saturated rings. The van der Waals surface area contributed by atoms with Gasteiger partial charge in [-0.25, -0.2) is 17.2 Å². The summed E-state index contributed by atoms with van der Waals surface area (Å²) in [5.41, 5.74) is 0.213. The third-order valence-corrected chi connectivity index (χ3v) is 5.78. The Balaban J connectivity index is 2.05. The highest BCUT2D eigenvalue weighted by atomic mass is 32.2. The molecule has 1 aliphatic rings. The molecule has 0 amide bonds. The summed E-state index contributed by atoms with van der Waals surface area (Å²) in [6.07, 6.45) is -3.66. The van der Waals surface area contributed by atoms with Gasteiger partial charge in [0.05, 0.1) is 17.4 Å². The van der Waals surface area contributed by atoms with Crippen molar-refractivity contribution in [1.29, 1.82) is 0 Å². The van der Waals surface area contributed by atoms with Crippen molar-refractivity contribution < 1.29 is 40.6 Å². The number of benzene rings is 1. The molecule has 0 aliphatic carbocycles. The van der Waals surface area contributed by atoms with E-state index in [1.54, 1.807) is 0 Å². The number of aliphatic carboxylic acids is 1. The van der Waals surface area contributed by atoms with Crippen LogP contribution in [0.1, 0.15) is 12.0 Å². The first-order chi connectivity index (χ1) is 12.0. The highest BCUT2D eigenvalue weighted by Crippen LogP contribution is 2.26. The molecule has 1 unspecified atom stereocenters. The Labute approximate surface area is 147 Å². The topological polar surface area (TPSA) is 83.9 Å². The standard InChI is InChI=1S/C15H17F4NO5S/c16-14(17)15(18,19)9-25-8-10-2-1-3-12(6-10)26(23,24)20-5-4-11(7-20)13(21)22/h1-3,6,11,14H,4-5,7-9H2,(H,21,22). The van der Waals surface area contributed by atoms with Crippen LogP contribution < -0.4 is 0 Å². The summed E-state index contributed by atoms with van der Waals surface area (Å²) >= 11 is 0. The molecule has 1 aromatic rings. The molecule has 0 saturated carbocycles. The van der Waals surface area contributed by atoms with Crippen molar-refractivity contribution >= 4 is 16.0 Å². The van der Waals surface area contributed by atoms with Crippen LogP contribution in [0.4, 0.5) is 17.6 Å². The largest absolute Gasteiger partial charge is 0.481 e. The molecule has 1 heterocycles. The van der Waals surface area contributed by atoms with Gasteiger partial charge in [-0.15, -0.1) is 0 Å². The molecule has 146 valence electrons. The van der Waals surface area contributed by atoms with Crippen molar-refractivity contribution in [3.8, 4) is 0 Å². The Morgan fingerprint density at radius 3 is 2.65 bits per heavy atom. The molecule has 0 bridgehead atoms. The molecular formula is C15H17F4NO5S. The Kier molecular flexibility index (Phi) is 6.25. The van der Waals surface area contributed by atoms with Crippen molar-refractivity contribution in [2.24, 2.45) is 5.92 Å². The summed E-state index contributed by atoms with van der Waals surface area (Å²) < 4.78 is 80.4. The van der Waals surface area contributed by atoms with E-state index in [1.807, 2.05) is 0 Å². The number of hydrogen-bond acceptors (Lipinski definition) is 4. The Morgan fingerprint density at radius 2 is 2.08 bits per heavy atom. The van der Waals surface area contributed by atoms with Gasteiger partial charge in [0.25, 0.3) is 0 Å². The van der Waals surface area contributed by atoms with Gasteiger partial charge in [0.2, 0.25) is 10.0 Å². The van der Waals surface area contributed by atoms with E-state index in [0.717, 1.165) is 4.31 Å². The van der Waals surface area contributed by atoms with E-state index in [4.69, 9.17) is 5.11 Å². The molecule has 1 saturated heterocycles. The Bertz CT molecular complexity index is 756. The smallest absolute Gasteiger partial charge is 0.330 e. The monoisotopic (exact) mass is 399 g/mol. The minimum Gasteiger partial charge on any atom is -0.481 e. The first kappa shape index (κ1) is 20.6. The first-order valence-electron chi connectivity index (χ1n) is 7.59. The van der Waals surface area contributed by atoms with E-state index >= 15 is 0 Å². The molecule has 0 spiro atoms. The van der Waals surface area contributed by atoms with Crippen LogP contribution in [0, 0.1) is 5.92 Å². The zero-order chi connectivity index (χ0) is 19.5. The second kappa shape index (κ2) is 7.89. The minimum atomic E-state index is -4.29. The van der Waals surface area contributed by atoms with Gasteiger partial charge in [0.15, 0.2) is 0 Å². The molecule has 0 aromatic heterocycles. The van der Waals surface area contributed by atoms with E-state index in [2.05, 4.69) is 4.74 Å². The fourth-order valence-corrected chi connectivity index (χ4v) is 4.03. The molecule has 0 radical (unpaired) electrons. The average Bonchev–Trinajstić information content (AvgIpc) is 3.06. The predicted octanol–water partition coefficient (Wildman–Crippen LogP) is 2.20. The number of carbonyl (C=O) groups is 1. The molecule has 1 N–H and O–H groups in total. The summed E-state index contributed by atoms with van der Waals surface area (Å²) in [5.74, 6) is -6.15. The predicted molar refractivity (Wildman–Crippen MR) is 81.6 cm³/mol. The number of ether oxygens (including phenoxy) is 1. The molecule has 26 heavy (non-hydrogen) atoms. The highest BCUT2D eigenvalue weighted by Gasteiger charge is 2.41. The van der Waals surface area contributed by atoms with Gasteiger partial charge in [0.1, 0.15) is 6.61 Å². The van der Waals surface area contributed by atoms with Gasteiger partial charge >= 0.3 is 18.3 Å². The second-order valence-corrected chi connectivity index (χ2v) is 7.83. The lowest BCUT2D eigenvalue weighted by molar-refractivity contribution is -0.168. The zero-order valence-electron chi connectivity index (χ0n) is 13.4. The summed E-state index contributed by atoms with van der Waals surface area (Å²) in [6.45, 7) is -2.06. The van der Waals surface area contributed by atoms with Crippen molar-refractivity contribution in [1.82, 2.24) is 4.31 Å². The molecule has 11 heteroatoms. The Hall–Kier alpha value is -1.72. The van der Waals surface area contributed by atoms with Crippen LogP contribution in [0.5, 0.6) is 0 Å². The van der Waals surface area contributed by atoms with Gasteiger partial charge in [-0.2, -0.15) is 13.1 Å². The number of hydrogen-bond donors (Lipinski definition) is 1. The second-order valence-electron chi connectivity index (χ2n) is 5.89. The number of nitrogens with zero attached hydrogens (tertiary/aromatic N) is 1. The molecule has 1 atom stereocenters. The minimum absolute atomic E-state index is 0.0562. The molecule has 1 aromatic carbocycles. The normalized spacial score (nSPS) is 19.2. The number of carboxylic acid groups (broad SMARTS) is 1. The van der Waals surface area contributed by atoms with Crippen LogP contribution in [0.25, 0.3) is 0 Å². The molecular weight excluding hydrogens is 382 g/mol. The van der Waals surface area contributed by atoms with Crippen LogP contribution in [-0.2, 0) is 26.2 Å². The lowest BCUT2D eigenvalue weighted by atomic mass is 10.1. The average molecular weight is 399 g/mol. The lowest BCUT2D eigenvalue weighted by Gasteiger charge is -2.17. The molecule has 6 nitrogen and oxygen atoms in total. The van der Waals surface area contributed by atoms with Crippen LogP contribution in [0.2, 0.25) is 0 Å². The van der Waals surface area contributed by atoms with E-state index < -0.39 is 47.5 Å². The van der Waals surface area contributed by atoms with Crippen LogP contribution >= 0.6 is 0 Å². The number of halogens is 4. The molecule has 2 rings (SSSR count). The number of rotatable bonds is 8.